The highest BCUT2D eigenvalue weighted by molar-refractivity contribution is 5.95. The molecule has 2 atom stereocenters. The van der Waals surface area contributed by atoms with Gasteiger partial charge in [0.15, 0.2) is 0 Å². The second-order valence-electron chi connectivity index (χ2n) is 7.28. The molecule has 0 aliphatic heterocycles. The average Bonchev–Trinajstić information content (AvgIpc) is 2.63. The standard InChI is InChI=1S/C21H25N3O3/c1-21(23)13-5-4-7-17(21)20(26)24-14-9-11-15(12-10-14)27-18-8-3-2-6-16(18)19(22)25/h2-3,6,8-12,17H,4-5,7,13,23H2,1H3,(H2,22,25)(H,24,26). The van der Waals surface area contributed by atoms with Gasteiger partial charge in [-0.25, -0.2) is 0 Å². The summed E-state index contributed by atoms with van der Waals surface area (Å²) in [6.07, 6.45) is 3.76. The van der Waals surface area contributed by atoms with Gasteiger partial charge in [-0.2, -0.15) is 0 Å². The number of amides is 2. The molecular formula is C21H25N3O3. The highest BCUT2D eigenvalue weighted by Gasteiger charge is 2.37. The van der Waals surface area contributed by atoms with Gasteiger partial charge < -0.3 is 21.5 Å². The molecule has 2 aromatic carbocycles. The molecule has 0 heterocycles. The molecular weight excluding hydrogens is 342 g/mol. The molecule has 0 saturated heterocycles. The Hall–Kier alpha value is -2.86. The lowest BCUT2D eigenvalue weighted by Crippen LogP contribution is -2.51. The number of benzene rings is 2. The Balaban J connectivity index is 1.67. The first-order valence-corrected chi connectivity index (χ1v) is 9.13. The van der Waals surface area contributed by atoms with Crippen LogP contribution in [0.5, 0.6) is 11.5 Å². The second kappa shape index (κ2) is 7.80. The van der Waals surface area contributed by atoms with Crippen molar-refractivity contribution in [1.82, 2.24) is 0 Å². The van der Waals surface area contributed by atoms with Crippen LogP contribution in [-0.2, 0) is 4.79 Å². The summed E-state index contributed by atoms with van der Waals surface area (Å²) in [4.78, 5) is 24.1. The number of rotatable bonds is 5. The van der Waals surface area contributed by atoms with E-state index in [1.807, 2.05) is 6.92 Å². The third-order valence-corrected chi connectivity index (χ3v) is 5.07. The van der Waals surface area contributed by atoms with E-state index in [1.165, 1.54) is 0 Å². The summed E-state index contributed by atoms with van der Waals surface area (Å²) in [6.45, 7) is 1.95. The normalized spacial score (nSPS) is 22.1. The van der Waals surface area contributed by atoms with Crippen LogP contribution in [0.4, 0.5) is 5.69 Å². The predicted octanol–water partition coefficient (Wildman–Crippen LogP) is 3.42. The van der Waals surface area contributed by atoms with E-state index in [-0.39, 0.29) is 11.8 Å². The SMILES string of the molecule is CC1(N)CCCCC1C(=O)Nc1ccc(Oc2ccccc2C(N)=O)cc1. The van der Waals surface area contributed by atoms with Crippen LogP contribution in [0, 0.1) is 5.92 Å². The van der Waals surface area contributed by atoms with E-state index in [1.54, 1.807) is 48.5 Å². The maximum absolute atomic E-state index is 12.6. The first-order valence-electron chi connectivity index (χ1n) is 9.13. The van der Waals surface area contributed by atoms with Crippen LogP contribution < -0.4 is 21.5 Å². The fraction of sp³-hybridized carbons (Fsp3) is 0.333. The number of carbonyl (C=O) groups excluding carboxylic acids is 2. The van der Waals surface area contributed by atoms with Crippen LogP contribution in [0.2, 0.25) is 0 Å². The zero-order valence-corrected chi connectivity index (χ0v) is 15.4. The zero-order chi connectivity index (χ0) is 19.4. The summed E-state index contributed by atoms with van der Waals surface area (Å²) >= 11 is 0. The third kappa shape index (κ3) is 4.46. The van der Waals surface area contributed by atoms with Crippen molar-refractivity contribution in [1.29, 1.82) is 0 Å². The topological polar surface area (TPSA) is 107 Å². The molecule has 0 aromatic heterocycles. The number of nitrogens with one attached hydrogen (secondary N) is 1. The van der Waals surface area contributed by atoms with Gasteiger partial charge in [0, 0.05) is 11.2 Å². The van der Waals surface area contributed by atoms with Gasteiger partial charge in [-0.3, -0.25) is 9.59 Å². The number of hydrogen-bond donors (Lipinski definition) is 3. The number of anilines is 1. The second-order valence-corrected chi connectivity index (χ2v) is 7.28. The van der Waals surface area contributed by atoms with Crippen molar-refractivity contribution in [3.05, 3.63) is 54.1 Å². The van der Waals surface area contributed by atoms with Crippen molar-refractivity contribution in [3.63, 3.8) is 0 Å². The monoisotopic (exact) mass is 367 g/mol. The number of nitrogens with two attached hydrogens (primary N) is 2. The first kappa shape index (κ1) is 18.9. The molecule has 142 valence electrons. The van der Waals surface area contributed by atoms with Crippen molar-refractivity contribution >= 4 is 17.5 Å². The van der Waals surface area contributed by atoms with Crippen molar-refractivity contribution in [3.8, 4) is 11.5 Å². The van der Waals surface area contributed by atoms with Gasteiger partial charge in [-0.1, -0.05) is 25.0 Å². The van der Waals surface area contributed by atoms with E-state index >= 15 is 0 Å². The molecule has 2 amide bonds. The highest BCUT2D eigenvalue weighted by Crippen LogP contribution is 2.33. The molecule has 6 nitrogen and oxygen atoms in total. The van der Waals surface area contributed by atoms with E-state index in [9.17, 15) is 9.59 Å². The summed E-state index contributed by atoms with van der Waals surface area (Å²) in [7, 11) is 0. The Labute approximate surface area is 158 Å². The van der Waals surface area contributed by atoms with Crippen LogP contribution in [-0.4, -0.2) is 17.4 Å². The van der Waals surface area contributed by atoms with Gasteiger partial charge >= 0.3 is 0 Å². The molecule has 1 aliphatic rings. The molecule has 2 unspecified atom stereocenters. The lowest BCUT2D eigenvalue weighted by molar-refractivity contribution is -0.122. The minimum absolute atomic E-state index is 0.0487. The predicted molar refractivity (Wildman–Crippen MR) is 105 cm³/mol. The Morgan fingerprint density at radius 1 is 1.11 bits per heavy atom. The van der Waals surface area contributed by atoms with Gasteiger partial charge in [-0.15, -0.1) is 0 Å². The lowest BCUT2D eigenvalue weighted by Gasteiger charge is -2.37. The summed E-state index contributed by atoms with van der Waals surface area (Å²) in [5.41, 5.74) is 12.2. The number of carbonyl (C=O) groups is 2. The number of hydrogen-bond acceptors (Lipinski definition) is 4. The molecule has 1 saturated carbocycles. The molecule has 0 bridgehead atoms. The van der Waals surface area contributed by atoms with Crippen molar-refractivity contribution < 1.29 is 14.3 Å². The summed E-state index contributed by atoms with van der Waals surface area (Å²) in [5, 5.41) is 2.94. The molecule has 6 heteroatoms. The van der Waals surface area contributed by atoms with E-state index in [0.717, 1.165) is 25.7 Å². The highest BCUT2D eigenvalue weighted by atomic mass is 16.5. The van der Waals surface area contributed by atoms with Crippen molar-refractivity contribution in [2.24, 2.45) is 17.4 Å². The molecule has 2 aromatic rings. The smallest absolute Gasteiger partial charge is 0.252 e. The fourth-order valence-electron chi connectivity index (χ4n) is 3.51. The molecule has 27 heavy (non-hydrogen) atoms. The Morgan fingerprint density at radius 3 is 2.48 bits per heavy atom. The molecule has 0 radical (unpaired) electrons. The maximum atomic E-state index is 12.6. The van der Waals surface area contributed by atoms with Gasteiger partial charge in [0.2, 0.25) is 5.91 Å². The maximum Gasteiger partial charge on any atom is 0.252 e. The molecule has 1 fully saturated rings. The van der Waals surface area contributed by atoms with E-state index in [4.69, 9.17) is 16.2 Å². The summed E-state index contributed by atoms with van der Waals surface area (Å²) < 4.78 is 5.75. The minimum atomic E-state index is -0.549. The van der Waals surface area contributed by atoms with Crippen molar-refractivity contribution in [2.45, 2.75) is 38.1 Å². The van der Waals surface area contributed by atoms with E-state index in [0.29, 0.717) is 22.7 Å². The molecule has 5 N–H and O–H groups in total. The Morgan fingerprint density at radius 2 is 1.81 bits per heavy atom. The number of para-hydroxylation sites is 1. The number of primary amides is 1. The van der Waals surface area contributed by atoms with Gasteiger partial charge in [0.1, 0.15) is 11.5 Å². The van der Waals surface area contributed by atoms with E-state index < -0.39 is 11.4 Å². The number of ether oxygens (including phenoxy) is 1. The van der Waals surface area contributed by atoms with E-state index in [2.05, 4.69) is 5.32 Å². The Kier molecular flexibility index (Phi) is 5.46. The van der Waals surface area contributed by atoms with Gasteiger partial charge in [0.25, 0.3) is 5.91 Å². The van der Waals surface area contributed by atoms with Crippen LogP contribution in [0.25, 0.3) is 0 Å². The van der Waals surface area contributed by atoms with Crippen molar-refractivity contribution in [2.75, 3.05) is 5.32 Å². The van der Waals surface area contributed by atoms with Crippen LogP contribution in [0.15, 0.2) is 48.5 Å². The lowest BCUT2D eigenvalue weighted by atomic mass is 9.74. The minimum Gasteiger partial charge on any atom is -0.457 e. The average molecular weight is 367 g/mol. The quantitative estimate of drug-likeness (QED) is 0.752. The largest absolute Gasteiger partial charge is 0.457 e. The van der Waals surface area contributed by atoms with Gasteiger partial charge in [0.05, 0.1) is 11.5 Å². The molecule has 3 rings (SSSR count). The Bertz CT molecular complexity index is 831. The zero-order valence-electron chi connectivity index (χ0n) is 15.4. The van der Waals surface area contributed by atoms with Crippen LogP contribution >= 0.6 is 0 Å². The summed E-state index contributed by atoms with van der Waals surface area (Å²) in [6, 6.07) is 13.8. The molecule has 1 aliphatic carbocycles. The molecule has 0 spiro atoms. The first-order chi connectivity index (χ1) is 12.9. The van der Waals surface area contributed by atoms with Crippen LogP contribution in [0.3, 0.4) is 0 Å². The van der Waals surface area contributed by atoms with Crippen LogP contribution in [0.1, 0.15) is 43.0 Å². The summed E-state index contributed by atoms with van der Waals surface area (Å²) in [5.74, 6) is 0.148. The third-order valence-electron chi connectivity index (χ3n) is 5.07. The van der Waals surface area contributed by atoms with Gasteiger partial charge in [-0.05, 0) is 56.2 Å². The fourth-order valence-corrected chi connectivity index (χ4v) is 3.51.